The average Bonchev–Trinajstić information content (AvgIpc) is 2.48. The second kappa shape index (κ2) is 6.22. The third-order valence-corrected chi connectivity index (χ3v) is 3.90. The highest BCUT2D eigenvalue weighted by Gasteiger charge is 2.27. The predicted octanol–water partition coefficient (Wildman–Crippen LogP) is 3.40. The zero-order chi connectivity index (χ0) is 17.3. The Morgan fingerprint density at radius 3 is 2.09 bits per heavy atom. The summed E-state index contributed by atoms with van der Waals surface area (Å²) in [6.45, 7) is 12.7. The molecule has 5 heteroatoms. The van der Waals surface area contributed by atoms with E-state index in [-0.39, 0.29) is 10.8 Å². The number of rotatable bonds is 4. The molecule has 2 rings (SSSR count). The SMILES string of the molecule is COc1cnc(C(C)(C)Cc2nc(C(C)(C)C)cnc2C)nc1. The number of hydrogen-bond acceptors (Lipinski definition) is 5. The molecule has 2 aromatic heterocycles. The fraction of sp³-hybridized carbons (Fsp3) is 0.556. The highest BCUT2D eigenvalue weighted by Crippen LogP contribution is 2.27. The summed E-state index contributed by atoms with van der Waals surface area (Å²) in [4.78, 5) is 18.2. The van der Waals surface area contributed by atoms with Gasteiger partial charge in [0.25, 0.3) is 0 Å². The Morgan fingerprint density at radius 1 is 0.957 bits per heavy atom. The highest BCUT2D eigenvalue weighted by atomic mass is 16.5. The normalized spacial score (nSPS) is 12.3. The third kappa shape index (κ3) is 4.03. The molecule has 0 aromatic carbocycles. The Morgan fingerprint density at radius 2 is 1.57 bits per heavy atom. The van der Waals surface area contributed by atoms with Gasteiger partial charge in [0.2, 0.25) is 0 Å². The van der Waals surface area contributed by atoms with Crippen LogP contribution in [0.2, 0.25) is 0 Å². The van der Waals surface area contributed by atoms with Crippen LogP contribution in [-0.4, -0.2) is 27.0 Å². The molecule has 0 saturated carbocycles. The molecule has 0 unspecified atom stereocenters. The monoisotopic (exact) mass is 314 g/mol. The van der Waals surface area contributed by atoms with E-state index >= 15 is 0 Å². The number of aromatic nitrogens is 4. The van der Waals surface area contributed by atoms with Crippen LogP contribution in [0.4, 0.5) is 0 Å². The van der Waals surface area contributed by atoms with Crippen molar-refractivity contribution in [1.82, 2.24) is 19.9 Å². The number of hydrogen-bond donors (Lipinski definition) is 0. The van der Waals surface area contributed by atoms with E-state index in [4.69, 9.17) is 9.72 Å². The maximum atomic E-state index is 5.13. The van der Waals surface area contributed by atoms with E-state index in [1.165, 1.54) is 0 Å². The first-order chi connectivity index (χ1) is 10.6. The molecule has 0 amide bonds. The van der Waals surface area contributed by atoms with Gasteiger partial charge < -0.3 is 4.74 Å². The molecule has 0 saturated heterocycles. The lowest BCUT2D eigenvalue weighted by Gasteiger charge is -2.25. The largest absolute Gasteiger partial charge is 0.494 e. The van der Waals surface area contributed by atoms with Crippen molar-refractivity contribution >= 4 is 0 Å². The Balaban J connectivity index is 2.32. The van der Waals surface area contributed by atoms with Crippen molar-refractivity contribution < 1.29 is 4.74 Å². The summed E-state index contributed by atoms with van der Waals surface area (Å²) in [7, 11) is 1.61. The van der Waals surface area contributed by atoms with Crippen molar-refractivity contribution in [3.05, 3.63) is 41.5 Å². The topological polar surface area (TPSA) is 60.8 Å². The predicted molar refractivity (Wildman–Crippen MR) is 90.8 cm³/mol. The summed E-state index contributed by atoms with van der Waals surface area (Å²) in [6.07, 6.45) is 6.01. The number of ether oxygens (including phenoxy) is 1. The van der Waals surface area contributed by atoms with Gasteiger partial charge in [-0.2, -0.15) is 0 Å². The van der Waals surface area contributed by atoms with Crippen LogP contribution in [-0.2, 0) is 17.3 Å². The van der Waals surface area contributed by atoms with Gasteiger partial charge in [-0.25, -0.2) is 9.97 Å². The molecule has 23 heavy (non-hydrogen) atoms. The fourth-order valence-corrected chi connectivity index (χ4v) is 2.29. The summed E-state index contributed by atoms with van der Waals surface area (Å²) in [5, 5.41) is 0. The van der Waals surface area contributed by atoms with Gasteiger partial charge in [0.1, 0.15) is 5.82 Å². The van der Waals surface area contributed by atoms with Gasteiger partial charge in [-0.3, -0.25) is 9.97 Å². The highest BCUT2D eigenvalue weighted by molar-refractivity contribution is 5.22. The quantitative estimate of drug-likeness (QED) is 0.865. The molecular formula is C18H26N4O. The van der Waals surface area contributed by atoms with Crippen LogP contribution >= 0.6 is 0 Å². The van der Waals surface area contributed by atoms with Crippen molar-refractivity contribution in [1.29, 1.82) is 0 Å². The van der Waals surface area contributed by atoms with E-state index < -0.39 is 0 Å². The summed E-state index contributed by atoms with van der Waals surface area (Å²) in [5.41, 5.74) is 2.71. The maximum absolute atomic E-state index is 5.13. The van der Waals surface area contributed by atoms with E-state index in [1.54, 1.807) is 19.5 Å². The van der Waals surface area contributed by atoms with E-state index in [9.17, 15) is 0 Å². The van der Waals surface area contributed by atoms with Crippen molar-refractivity contribution in [2.75, 3.05) is 7.11 Å². The molecule has 5 nitrogen and oxygen atoms in total. The zero-order valence-corrected chi connectivity index (χ0v) is 15.1. The molecule has 0 aliphatic rings. The first kappa shape index (κ1) is 17.3. The minimum absolute atomic E-state index is 0.0177. The molecule has 2 heterocycles. The molecule has 2 aromatic rings. The van der Waals surface area contributed by atoms with Crippen LogP contribution < -0.4 is 4.74 Å². The van der Waals surface area contributed by atoms with Crippen LogP contribution in [0.1, 0.15) is 57.5 Å². The minimum atomic E-state index is -0.234. The molecule has 0 atom stereocenters. The van der Waals surface area contributed by atoms with Crippen molar-refractivity contribution in [2.45, 2.75) is 58.8 Å². The summed E-state index contributed by atoms with van der Waals surface area (Å²) in [6, 6.07) is 0. The molecule has 0 fully saturated rings. The van der Waals surface area contributed by atoms with E-state index in [0.717, 1.165) is 29.3 Å². The van der Waals surface area contributed by atoms with Crippen LogP contribution in [0.3, 0.4) is 0 Å². The molecule has 124 valence electrons. The second-order valence-corrected chi connectivity index (χ2v) is 7.54. The fourth-order valence-electron chi connectivity index (χ4n) is 2.29. The van der Waals surface area contributed by atoms with Gasteiger partial charge in [0, 0.05) is 23.4 Å². The van der Waals surface area contributed by atoms with Crippen LogP contribution in [0.15, 0.2) is 18.6 Å². The molecule has 0 N–H and O–H groups in total. The Labute approximate surface area is 138 Å². The van der Waals surface area contributed by atoms with Crippen LogP contribution in [0, 0.1) is 6.92 Å². The summed E-state index contributed by atoms with van der Waals surface area (Å²) < 4.78 is 5.13. The molecule has 0 bridgehead atoms. The van der Waals surface area contributed by atoms with Crippen molar-refractivity contribution in [3.63, 3.8) is 0 Å². The summed E-state index contributed by atoms with van der Waals surface area (Å²) >= 11 is 0. The zero-order valence-electron chi connectivity index (χ0n) is 15.1. The molecule has 0 spiro atoms. The Kier molecular flexibility index (Phi) is 4.68. The average molecular weight is 314 g/mol. The lowest BCUT2D eigenvalue weighted by molar-refractivity contribution is 0.405. The number of nitrogens with zero attached hydrogens (tertiary/aromatic N) is 4. The van der Waals surface area contributed by atoms with Crippen LogP contribution in [0.5, 0.6) is 5.75 Å². The maximum Gasteiger partial charge on any atom is 0.155 e. The Bertz CT molecular complexity index is 672. The smallest absolute Gasteiger partial charge is 0.155 e. The first-order valence-corrected chi connectivity index (χ1v) is 7.83. The van der Waals surface area contributed by atoms with Gasteiger partial charge in [-0.1, -0.05) is 34.6 Å². The van der Waals surface area contributed by atoms with Gasteiger partial charge >= 0.3 is 0 Å². The lowest BCUT2D eigenvalue weighted by Crippen LogP contribution is -2.26. The van der Waals surface area contributed by atoms with Gasteiger partial charge in [0.15, 0.2) is 5.75 Å². The Hall–Kier alpha value is -2.04. The standard InChI is InChI=1S/C18H26N4O/c1-12-14(22-15(11-19-12)17(2,3)4)8-18(5,6)16-20-9-13(23-7)10-21-16/h9-11H,8H2,1-7H3. The van der Waals surface area contributed by atoms with Gasteiger partial charge in [-0.05, 0) is 6.92 Å². The molecular weight excluding hydrogens is 288 g/mol. The van der Waals surface area contributed by atoms with E-state index in [0.29, 0.717) is 5.75 Å². The minimum Gasteiger partial charge on any atom is -0.494 e. The van der Waals surface area contributed by atoms with E-state index in [2.05, 4.69) is 49.6 Å². The van der Waals surface area contributed by atoms with Gasteiger partial charge in [0.05, 0.1) is 36.6 Å². The summed E-state index contributed by atoms with van der Waals surface area (Å²) in [5.74, 6) is 1.44. The molecule has 0 aliphatic heterocycles. The van der Waals surface area contributed by atoms with E-state index in [1.807, 2.05) is 13.1 Å². The number of aryl methyl sites for hydroxylation is 1. The first-order valence-electron chi connectivity index (χ1n) is 7.83. The number of methoxy groups -OCH3 is 1. The van der Waals surface area contributed by atoms with Crippen molar-refractivity contribution in [3.8, 4) is 5.75 Å². The molecule has 0 aliphatic carbocycles. The van der Waals surface area contributed by atoms with Crippen LogP contribution in [0.25, 0.3) is 0 Å². The second-order valence-electron chi connectivity index (χ2n) is 7.54. The molecule has 0 radical (unpaired) electrons. The van der Waals surface area contributed by atoms with Gasteiger partial charge in [-0.15, -0.1) is 0 Å². The third-order valence-electron chi connectivity index (χ3n) is 3.90. The van der Waals surface area contributed by atoms with Crippen molar-refractivity contribution in [2.24, 2.45) is 0 Å². The lowest BCUT2D eigenvalue weighted by atomic mass is 9.85.